The predicted molar refractivity (Wildman–Crippen MR) is 69.9 cm³/mol. The van der Waals surface area contributed by atoms with Gasteiger partial charge >= 0.3 is 0 Å². The molecule has 6 heteroatoms. The van der Waals surface area contributed by atoms with Crippen LogP contribution < -0.4 is 4.72 Å². The van der Waals surface area contributed by atoms with Gasteiger partial charge in [-0.1, -0.05) is 12.1 Å². The lowest BCUT2D eigenvalue weighted by Crippen LogP contribution is -2.09. The second-order valence-corrected chi connectivity index (χ2v) is 5.84. The number of benzene rings is 1. The molecule has 2 aromatic rings. The second-order valence-electron chi connectivity index (χ2n) is 4.09. The number of nitrogens with one attached hydrogen (secondary N) is 1. The highest BCUT2D eigenvalue weighted by atomic mass is 32.2. The fourth-order valence-electron chi connectivity index (χ4n) is 1.71. The van der Waals surface area contributed by atoms with Crippen LogP contribution in [-0.4, -0.2) is 19.7 Å². The van der Waals surface area contributed by atoms with Crippen molar-refractivity contribution in [3.05, 3.63) is 35.9 Å². The van der Waals surface area contributed by atoms with E-state index in [0.717, 1.165) is 23.3 Å². The van der Waals surface area contributed by atoms with Gasteiger partial charge in [0, 0.05) is 18.2 Å². The molecule has 2 rings (SSSR count). The summed E-state index contributed by atoms with van der Waals surface area (Å²) in [6, 6.07) is 7.00. The van der Waals surface area contributed by atoms with Gasteiger partial charge in [-0.05, 0) is 19.1 Å². The van der Waals surface area contributed by atoms with Gasteiger partial charge in [0.25, 0.3) is 0 Å². The average molecular weight is 266 g/mol. The fraction of sp³-hybridized carbons (Fsp3) is 0.250. The van der Waals surface area contributed by atoms with Crippen LogP contribution >= 0.6 is 0 Å². The van der Waals surface area contributed by atoms with Gasteiger partial charge in [0.05, 0.1) is 6.26 Å². The van der Waals surface area contributed by atoms with Crippen molar-refractivity contribution in [2.75, 3.05) is 11.0 Å². The number of aromatic nitrogens is 1. The summed E-state index contributed by atoms with van der Waals surface area (Å²) < 4.78 is 29.9. The lowest BCUT2D eigenvalue weighted by molar-refractivity contribution is 0.495. The summed E-state index contributed by atoms with van der Waals surface area (Å²) in [5.41, 5.74) is 2.20. The number of nitrogens with zero attached hydrogens (tertiary/aromatic N) is 1. The minimum absolute atomic E-state index is 0.527. The highest BCUT2D eigenvalue weighted by Gasteiger charge is 2.09. The van der Waals surface area contributed by atoms with Gasteiger partial charge in [0.1, 0.15) is 11.5 Å². The van der Waals surface area contributed by atoms with E-state index in [4.69, 9.17) is 4.42 Å². The van der Waals surface area contributed by atoms with Crippen LogP contribution in [0.4, 0.5) is 5.69 Å². The number of aryl methyl sites for hydroxylation is 2. The Morgan fingerprint density at radius 3 is 2.22 bits per heavy atom. The van der Waals surface area contributed by atoms with Crippen molar-refractivity contribution in [1.82, 2.24) is 4.98 Å². The number of hydrogen-bond acceptors (Lipinski definition) is 4. The van der Waals surface area contributed by atoms with E-state index in [1.165, 1.54) is 0 Å². The van der Waals surface area contributed by atoms with Gasteiger partial charge in [0.15, 0.2) is 5.89 Å². The van der Waals surface area contributed by atoms with Crippen molar-refractivity contribution in [2.24, 2.45) is 0 Å². The largest absolute Gasteiger partial charge is 0.446 e. The SMILES string of the molecule is Cc1nc(-c2ccc(NS(C)(=O)=O)cc2)c(C)o1. The first-order chi connectivity index (χ1) is 8.35. The van der Waals surface area contributed by atoms with Crippen LogP contribution in [0.2, 0.25) is 0 Å². The number of oxazole rings is 1. The summed E-state index contributed by atoms with van der Waals surface area (Å²) in [6.45, 7) is 3.63. The standard InChI is InChI=1S/C12H14N2O3S/c1-8-12(13-9(2)17-8)10-4-6-11(7-5-10)14-18(3,15)16/h4-7,14H,1-3H3. The maximum Gasteiger partial charge on any atom is 0.229 e. The minimum Gasteiger partial charge on any atom is -0.446 e. The summed E-state index contributed by atoms with van der Waals surface area (Å²) in [6.07, 6.45) is 1.12. The van der Waals surface area contributed by atoms with Crippen LogP contribution in [0.3, 0.4) is 0 Å². The zero-order valence-electron chi connectivity index (χ0n) is 10.4. The van der Waals surface area contributed by atoms with Crippen LogP contribution in [0, 0.1) is 13.8 Å². The van der Waals surface area contributed by atoms with Crippen LogP contribution in [0.1, 0.15) is 11.7 Å². The molecule has 1 aromatic heterocycles. The zero-order valence-corrected chi connectivity index (χ0v) is 11.2. The van der Waals surface area contributed by atoms with Gasteiger partial charge in [-0.2, -0.15) is 0 Å². The van der Waals surface area contributed by atoms with Gasteiger partial charge in [-0.25, -0.2) is 13.4 Å². The molecule has 0 aliphatic rings. The molecule has 1 N–H and O–H groups in total. The molecule has 0 saturated heterocycles. The topological polar surface area (TPSA) is 72.2 Å². The van der Waals surface area contributed by atoms with E-state index in [1.807, 2.05) is 6.92 Å². The Morgan fingerprint density at radius 1 is 1.17 bits per heavy atom. The monoisotopic (exact) mass is 266 g/mol. The van der Waals surface area contributed by atoms with E-state index in [1.54, 1.807) is 31.2 Å². The Kier molecular flexibility index (Phi) is 3.13. The number of anilines is 1. The van der Waals surface area contributed by atoms with Crippen LogP contribution in [0.5, 0.6) is 0 Å². The molecule has 0 unspecified atom stereocenters. The molecule has 0 aliphatic heterocycles. The molecule has 0 amide bonds. The minimum atomic E-state index is -3.24. The van der Waals surface area contributed by atoms with Gasteiger partial charge in [-0.15, -0.1) is 0 Å². The van der Waals surface area contributed by atoms with Gasteiger partial charge in [0.2, 0.25) is 10.0 Å². The molecule has 5 nitrogen and oxygen atoms in total. The molecule has 96 valence electrons. The first-order valence-electron chi connectivity index (χ1n) is 5.37. The van der Waals surface area contributed by atoms with E-state index in [2.05, 4.69) is 9.71 Å². The van der Waals surface area contributed by atoms with E-state index >= 15 is 0 Å². The third-order valence-corrected chi connectivity index (χ3v) is 2.97. The summed E-state index contributed by atoms with van der Waals surface area (Å²) in [5, 5.41) is 0. The summed E-state index contributed by atoms with van der Waals surface area (Å²) >= 11 is 0. The summed E-state index contributed by atoms with van der Waals surface area (Å²) in [4.78, 5) is 4.28. The predicted octanol–water partition coefficient (Wildman–Crippen LogP) is 2.33. The van der Waals surface area contributed by atoms with Gasteiger partial charge in [-0.3, -0.25) is 4.72 Å². The Labute approximate surface area is 106 Å². The van der Waals surface area contributed by atoms with Crippen LogP contribution in [0.15, 0.2) is 28.7 Å². The van der Waals surface area contributed by atoms with E-state index in [-0.39, 0.29) is 0 Å². The van der Waals surface area contributed by atoms with Crippen molar-refractivity contribution in [1.29, 1.82) is 0 Å². The molecular weight excluding hydrogens is 252 g/mol. The first kappa shape index (κ1) is 12.6. The van der Waals surface area contributed by atoms with E-state index in [0.29, 0.717) is 11.6 Å². The maximum atomic E-state index is 11.1. The van der Waals surface area contributed by atoms with E-state index < -0.39 is 10.0 Å². The zero-order chi connectivity index (χ0) is 13.3. The quantitative estimate of drug-likeness (QED) is 0.925. The molecule has 0 spiro atoms. The van der Waals surface area contributed by atoms with Crippen LogP contribution in [-0.2, 0) is 10.0 Å². The molecule has 0 atom stereocenters. The number of sulfonamides is 1. The molecule has 1 aromatic carbocycles. The maximum absolute atomic E-state index is 11.1. The molecule has 0 saturated carbocycles. The molecule has 0 aliphatic carbocycles. The lowest BCUT2D eigenvalue weighted by Gasteiger charge is -2.04. The van der Waals surface area contributed by atoms with Crippen molar-refractivity contribution in [3.63, 3.8) is 0 Å². The second kappa shape index (κ2) is 4.45. The molecule has 0 bridgehead atoms. The Hall–Kier alpha value is -1.82. The molecular formula is C12H14N2O3S. The van der Waals surface area contributed by atoms with Gasteiger partial charge < -0.3 is 4.42 Å². The number of hydrogen-bond donors (Lipinski definition) is 1. The number of rotatable bonds is 3. The van der Waals surface area contributed by atoms with Crippen molar-refractivity contribution in [3.8, 4) is 11.3 Å². The highest BCUT2D eigenvalue weighted by Crippen LogP contribution is 2.24. The summed E-state index contributed by atoms with van der Waals surface area (Å²) in [5.74, 6) is 1.36. The fourth-order valence-corrected chi connectivity index (χ4v) is 2.27. The first-order valence-corrected chi connectivity index (χ1v) is 7.26. The van der Waals surface area contributed by atoms with E-state index in [9.17, 15) is 8.42 Å². The Bertz CT molecular complexity index is 657. The average Bonchev–Trinajstić information content (AvgIpc) is 2.57. The summed E-state index contributed by atoms with van der Waals surface area (Å²) in [7, 11) is -3.24. The van der Waals surface area contributed by atoms with Crippen LogP contribution in [0.25, 0.3) is 11.3 Å². The molecule has 1 heterocycles. The lowest BCUT2D eigenvalue weighted by atomic mass is 10.1. The third-order valence-electron chi connectivity index (χ3n) is 2.37. The molecule has 0 fully saturated rings. The van der Waals surface area contributed by atoms with Crippen molar-refractivity contribution >= 4 is 15.7 Å². The highest BCUT2D eigenvalue weighted by molar-refractivity contribution is 7.92. The smallest absolute Gasteiger partial charge is 0.229 e. The third kappa shape index (κ3) is 2.89. The molecule has 0 radical (unpaired) electrons. The van der Waals surface area contributed by atoms with Crippen molar-refractivity contribution < 1.29 is 12.8 Å². The normalized spacial score (nSPS) is 11.5. The van der Waals surface area contributed by atoms with Crippen molar-refractivity contribution in [2.45, 2.75) is 13.8 Å². The Morgan fingerprint density at radius 2 is 1.78 bits per heavy atom. The molecule has 18 heavy (non-hydrogen) atoms. The Balaban J connectivity index is 2.30.